The minimum atomic E-state index is -0.821. The number of allylic oxidation sites excluding steroid dienone is 2. The molecule has 0 amide bonds. The van der Waals surface area contributed by atoms with Crippen molar-refractivity contribution in [1.82, 2.24) is 0 Å². The first-order valence-corrected chi connectivity index (χ1v) is 15.5. The summed E-state index contributed by atoms with van der Waals surface area (Å²) < 4.78 is 40.2. The Hall–Kier alpha value is -0.750. The van der Waals surface area contributed by atoms with Gasteiger partial charge in [-0.1, -0.05) is 69.8 Å². The summed E-state index contributed by atoms with van der Waals surface area (Å²) in [5, 5.41) is 0. The number of rotatable bonds is 15. The van der Waals surface area contributed by atoms with E-state index in [-0.39, 0.29) is 36.6 Å². The molecule has 1 aliphatic carbocycles. The van der Waals surface area contributed by atoms with Crippen LogP contribution in [0.25, 0.3) is 0 Å². The third-order valence-electron chi connectivity index (χ3n) is 8.38. The average molecular weight is 523 g/mol. The van der Waals surface area contributed by atoms with Crippen LogP contribution in [0.3, 0.4) is 0 Å². The lowest BCUT2D eigenvalue weighted by Crippen LogP contribution is -2.32. The van der Waals surface area contributed by atoms with Gasteiger partial charge in [-0.3, -0.25) is 0 Å². The second kappa shape index (κ2) is 17.0. The molecule has 37 heavy (non-hydrogen) atoms. The minimum Gasteiger partial charge on any atom is -0.353 e. The monoisotopic (exact) mass is 522 g/mol. The van der Waals surface area contributed by atoms with Crippen LogP contribution in [0.4, 0.5) is 4.39 Å². The van der Waals surface area contributed by atoms with Gasteiger partial charge >= 0.3 is 0 Å². The lowest BCUT2D eigenvalue weighted by Gasteiger charge is -2.31. The Morgan fingerprint density at radius 2 is 1.68 bits per heavy atom. The van der Waals surface area contributed by atoms with E-state index in [1.54, 1.807) is 0 Å². The molecule has 0 aromatic rings. The van der Waals surface area contributed by atoms with Crippen molar-refractivity contribution in [3.63, 3.8) is 0 Å². The van der Waals surface area contributed by atoms with Crippen LogP contribution in [0, 0.1) is 17.8 Å². The third-order valence-corrected chi connectivity index (χ3v) is 8.38. The average Bonchev–Trinajstić information content (AvgIpc) is 3.19. The van der Waals surface area contributed by atoms with Gasteiger partial charge in [-0.05, 0) is 77.0 Å². The highest BCUT2D eigenvalue weighted by Gasteiger charge is 2.44. The predicted molar refractivity (Wildman–Crippen MR) is 149 cm³/mol. The van der Waals surface area contributed by atoms with Crippen molar-refractivity contribution in [2.75, 3.05) is 13.2 Å². The standard InChI is InChI=1S/C32H55FO4/c1-5-6-7-8-9-14-26-27(30(23-28(26)33)37-32-16-11-13-22-35-32)19-20-29(25(4)18-17-24(2)3)36-31-15-10-12-21-34-31/h17,19-20,25-32H,5-16,18,21-23H2,1-4H3/b20-19+/t25?,26-,27-,28-,29-,30-,31?,32?/m1/s1. The van der Waals surface area contributed by atoms with Crippen LogP contribution in [0.2, 0.25) is 0 Å². The molecule has 0 aromatic heterocycles. The molecule has 2 saturated heterocycles. The summed E-state index contributed by atoms with van der Waals surface area (Å²) in [6.45, 7) is 10.3. The van der Waals surface area contributed by atoms with E-state index in [0.717, 1.165) is 71.0 Å². The van der Waals surface area contributed by atoms with Gasteiger partial charge in [0.05, 0.1) is 12.2 Å². The van der Waals surface area contributed by atoms with Gasteiger partial charge in [0, 0.05) is 25.6 Å². The van der Waals surface area contributed by atoms with E-state index in [1.165, 1.54) is 31.3 Å². The number of halogens is 1. The van der Waals surface area contributed by atoms with Crippen LogP contribution in [-0.4, -0.2) is 44.2 Å². The molecular formula is C32H55FO4. The normalized spacial score (nSPS) is 32.5. The van der Waals surface area contributed by atoms with Crippen molar-refractivity contribution >= 4 is 0 Å². The van der Waals surface area contributed by atoms with E-state index in [2.05, 4.69) is 45.9 Å². The second-order valence-corrected chi connectivity index (χ2v) is 11.9. The van der Waals surface area contributed by atoms with Gasteiger partial charge in [0.1, 0.15) is 6.17 Å². The smallest absolute Gasteiger partial charge is 0.158 e. The Balaban J connectivity index is 1.72. The van der Waals surface area contributed by atoms with Crippen LogP contribution in [0.1, 0.15) is 118 Å². The summed E-state index contributed by atoms with van der Waals surface area (Å²) >= 11 is 0. The molecule has 0 N–H and O–H groups in total. The highest BCUT2D eigenvalue weighted by Crippen LogP contribution is 2.42. The van der Waals surface area contributed by atoms with Gasteiger partial charge in [0.2, 0.25) is 0 Å². The predicted octanol–water partition coefficient (Wildman–Crippen LogP) is 8.69. The Morgan fingerprint density at radius 3 is 2.32 bits per heavy atom. The second-order valence-electron chi connectivity index (χ2n) is 11.9. The first-order chi connectivity index (χ1) is 18.0. The summed E-state index contributed by atoms with van der Waals surface area (Å²) in [5.41, 5.74) is 1.32. The fraction of sp³-hybridized carbons (Fsp3) is 0.875. The lowest BCUT2D eigenvalue weighted by atomic mass is 9.87. The largest absolute Gasteiger partial charge is 0.353 e. The van der Waals surface area contributed by atoms with Gasteiger partial charge in [-0.25, -0.2) is 4.39 Å². The van der Waals surface area contributed by atoms with E-state index in [1.807, 2.05) is 0 Å². The van der Waals surface area contributed by atoms with E-state index < -0.39 is 6.17 Å². The van der Waals surface area contributed by atoms with Crippen LogP contribution in [-0.2, 0) is 18.9 Å². The molecule has 1 saturated carbocycles. The van der Waals surface area contributed by atoms with Crippen molar-refractivity contribution in [2.45, 2.75) is 149 Å². The van der Waals surface area contributed by atoms with Gasteiger partial charge in [-0.2, -0.15) is 0 Å². The molecule has 5 heteroatoms. The summed E-state index contributed by atoms with van der Waals surface area (Å²) in [4.78, 5) is 0. The molecule has 0 spiro atoms. The Kier molecular flexibility index (Phi) is 14.2. The Labute approximate surface area is 226 Å². The molecule has 2 aliphatic heterocycles. The van der Waals surface area contributed by atoms with E-state index in [4.69, 9.17) is 18.9 Å². The molecule has 0 bridgehead atoms. The maximum absolute atomic E-state index is 15.5. The topological polar surface area (TPSA) is 36.9 Å². The zero-order chi connectivity index (χ0) is 26.5. The van der Waals surface area contributed by atoms with E-state index in [9.17, 15) is 0 Å². The highest BCUT2D eigenvalue weighted by molar-refractivity contribution is 5.07. The molecule has 214 valence electrons. The summed E-state index contributed by atoms with van der Waals surface area (Å²) in [6, 6.07) is 0. The van der Waals surface area contributed by atoms with Gasteiger partial charge in [-0.15, -0.1) is 0 Å². The number of unbranched alkanes of at least 4 members (excludes halogenated alkanes) is 4. The Bertz CT molecular complexity index is 664. The third kappa shape index (κ3) is 10.7. The molecule has 8 atom stereocenters. The van der Waals surface area contributed by atoms with Crippen LogP contribution in [0.5, 0.6) is 0 Å². The van der Waals surface area contributed by atoms with Crippen LogP contribution in [0.15, 0.2) is 23.8 Å². The zero-order valence-corrected chi connectivity index (χ0v) is 24.2. The summed E-state index contributed by atoms with van der Waals surface area (Å²) in [5.74, 6) is 0.375. The molecule has 3 fully saturated rings. The van der Waals surface area contributed by atoms with Gasteiger partial charge in [0.25, 0.3) is 0 Å². The van der Waals surface area contributed by atoms with Gasteiger partial charge in [0.15, 0.2) is 12.6 Å². The number of hydrogen-bond acceptors (Lipinski definition) is 4. The zero-order valence-electron chi connectivity index (χ0n) is 24.2. The number of alkyl halides is 1. The van der Waals surface area contributed by atoms with Crippen molar-refractivity contribution in [3.05, 3.63) is 23.8 Å². The van der Waals surface area contributed by atoms with E-state index >= 15 is 4.39 Å². The molecule has 0 radical (unpaired) electrons. The summed E-state index contributed by atoms with van der Waals surface area (Å²) in [7, 11) is 0. The molecular weight excluding hydrogens is 467 g/mol. The quantitative estimate of drug-likeness (QED) is 0.159. The fourth-order valence-corrected chi connectivity index (χ4v) is 6.01. The number of ether oxygens (including phenoxy) is 4. The van der Waals surface area contributed by atoms with Crippen molar-refractivity contribution in [1.29, 1.82) is 0 Å². The first-order valence-electron chi connectivity index (χ1n) is 15.5. The van der Waals surface area contributed by atoms with E-state index in [0.29, 0.717) is 12.3 Å². The maximum Gasteiger partial charge on any atom is 0.158 e. The maximum atomic E-state index is 15.5. The molecule has 3 unspecified atom stereocenters. The Morgan fingerprint density at radius 1 is 0.973 bits per heavy atom. The van der Waals surface area contributed by atoms with Crippen LogP contribution < -0.4 is 0 Å². The van der Waals surface area contributed by atoms with Crippen molar-refractivity contribution in [3.8, 4) is 0 Å². The molecule has 4 nitrogen and oxygen atoms in total. The molecule has 0 aromatic carbocycles. The van der Waals surface area contributed by atoms with Crippen LogP contribution >= 0.6 is 0 Å². The minimum absolute atomic E-state index is 0.00568. The molecule has 2 heterocycles. The van der Waals surface area contributed by atoms with Crippen molar-refractivity contribution < 1.29 is 23.3 Å². The SMILES string of the molecule is CCCCCCC[C@@H]1[C@@H](/C=C/[C@@H](OC2CCCCO2)C(C)CC=C(C)C)[C@H](OC2CCCCO2)C[C@H]1F. The fourth-order valence-electron chi connectivity index (χ4n) is 6.01. The molecule has 3 rings (SSSR count). The number of hydrogen-bond donors (Lipinski definition) is 0. The van der Waals surface area contributed by atoms with Crippen molar-refractivity contribution in [2.24, 2.45) is 17.8 Å². The molecule has 3 aliphatic rings. The highest BCUT2D eigenvalue weighted by atomic mass is 19.1. The summed E-state index contributed by atoms with van der Waals surface area (Å²) in [6.07, 6.45) is 20.1. The first kappa shape index (κ1) is 30.8. The van der Waals surface area contributed by atoms with Gasteiger partial charge < -0.3 is 18.9 Å². The lowest BCUT2D eigenvalue weighted by molar-refractivity contribution is -0.193.